The number of ketones is 1. The molecule has 0 amide bonds. The molecule has 0 bridgehead atoms. The Morgan fingerprint density at radius 3 is 2.35 bits per heavy atom. The Bertz CT molecular complexity index is 967. The quantitative estimate of drug-likeness (QED) is 0.286. The van der Waals surface area contributed by atoms with Gasteiger partial charge in [0.2, 0.25) is 0 Å². The summed E-state index contributed by atoms with van der Waals surface area (Å²) >= 11 is 0. The van der Waals surface area contributed by atoms with Crippen LogP contribution < -0.4 is 0 Å². The van der Waals surface area contributed by atoms with E-state index in [4.69, 9.17) is 0 Å². The van der Waals surface area contributed by atoms with E-state index in [9.17, 15) is 19.5 Å². The van der Waals surface area contributed by atoms with Crippen molar-refractivity contribution in [2.45, 2.75) is 99.3 Å². The summed E-state index contributed by atoms with van der Waals surface area (Å²) in [6.45, 7) is 13.8. The third kappa shape index (κ3) is 2.64. The highest BCUT2D eigenvalue weighted by molar-refractivity contribution is 5.99. The molecule has 188 valence electrons. The van der Waals surface area contributed by atoms with Gasteiger partial charge < -0.3 is 9.90 Å². The van der Waals surface area contributed by atoms with Gasteiger partial charge >= 0.3 is 5.97 Å². The molecule has 34 heavy (non-hydrogen) atoms. The van der Waals surface area contributed by atoms with Gasteiger partial charge in [-0.25, -0.2) is 0 Å². The lowest BCUT2D eigenvalue weighted by Crippen LogP contribution is -2.65. The molecule has 4 nitrogen and oxygen atoms in total. The SMILES string of the molecule is C[C@H]1[C@H](C)CC[C@]2(C(=O)O)CC[C@]3(C)C(=CC[C@@H]4[C@@]5(C)CCC(=O)C(C)(C=O)C5CC[C@]43C)[C@H]12. The Balaban J connectivity index is 1.62. The molecule has 4 saturated carbocycles. The Morgan fingerprint density at radius 1 is 1.00 bits per heavy atom. The maximum atomic E-state index is 12.9. The molecule has 0 aromatic rings. The number of hydrogen-bond acceptors (Lipinski definition) is 3. The highest BCUT2D eigenvalue weighted by atomic mass is 16.4. The zero-order valence-corrected chi connectivity index (χ0v) is 22.1. The fraction of sp³-hybridized carbons (Fsp3) is 0.833. The second-order valence-corrected chi connectivity index (χ2v) is 13.9. The third-order valence-electron chi connectivity index (χ3n) is 13.1. The number of carboxylic acid groups (broad SMARTS) is 1. The zero-order valence-electron chi connectivity index (χ0n) is 22.1. The first kappa shape index (κ1) is 24.3. The van der Waals surface area contributed by atoms with E-state index in [2.05, 4.69) is 40.7 Å². The maximum Gasteiger partial charge on any atom is 0.310 e. The first-order chi connectivity index (χ1) is 15.8. The number of fused-ring (bicyclic) bond motifs is 7. The maximum absolute atomic E-state index is 12.9. The second kappa shape index (κ2) is 7.29. The minimum absolute atomic E-state index is 0.0299. The predicted molar refractivity (Wildman–Crippen MR) is 132 cm³/mol. The summed E-state index contributed by atoms with van der Waals surface area (Å²) in [5, 5.41) is 10.5. The Labute approximate surface area is 205 Å². The summed E-state index contributed by atoms with van der Waals surface area (Å²) in [5.41, 5.74) is -0.0675. The molecular weight excluding hydrogens is 424 g/mol. The summed E-state index contributed by atoms with van der Waals surface area (Å²) in [7, 11) is 0. The molecular formula is C30H44O4. The molecule has 5 rings (SSSR count). The molecule has 0 spiro atoms. The van der Waals surface area contributed by atoms with Crippen LogP contribution in [0, 0.1) is 56.7 Å². The molecule has 4 fully saturated rings. The molecule has 0 heterocycles. The molecule has 10 atom stereocenters. The minimum Gasteiger partial charge on any atom is -0.481 e. The van der Waals surface area contributed by atoms with Crippen molar-refractivity contribution in [3.05, 3.63) is 11.6 Å². The summed E-state index contributed by atoms with van der Waals surface area (Å²) in [6, 6.07) is 0. The van der Waals surface area contributed by atoms with Crippen LogP contribution in [0.4, 0.5) is 0 Å². The number of rotatable bonds is 2. The van der Waals surface area contributed by atoms with Crippen molar-refractivity contribution in [2.75, 3.05) is 0 Å². The van der Waals surface area contributed by atoms with Crippen LogP contribution in [0.5, 0.6) is 0 Å². The first-order valence-corrected chi connectivity index (χ1v) is 13.8. The van der Waals surface area contributed by atoms with Gasteiger partial charge in [0.15, 0.2) is 0 Å². The number of carboxylic acids is 1. The van der Waals surface area contributed by atoms with Crippen molar-refractivity contribution in [3.8, 4) is 0 Å². The summed E-state index contributed by atoms with van der Waals surface area (Å²) < 4.78 is 0. The van der Waals surface area contributed by atoms with Crippen LogP contribution in [-0.4, -0.2) is 23.1 Å². The molecule has 0 saturated heterocycles. The van der Waals surface area contributed by atoms with Crippen molar-refractivity contribution in [2.24, 2.45) is 56.7 Å². The minimum atomic E-state index is -0.864. The van der Waals surface area contributed by atoms with Crippen molar-refractivity contribution in [3.63, 3.8) is 0 Å². The second-order valence-electron chi connectivity index (χ2n) is 13.9. The van der Waals surface area contributed by atoms with Gasteiger partial charge in [0.05, 0.1) is 10.8 Å². The number of allylic oxidation sites excluding steroid dienone is 2. The standard InChI is InChI=1S/C30H44O4/c1-18-9-14-30(25(33)34)16-15-28(5)20(24(30)19(18)2)7-8-22-26(3)12-11-23(32)27(4,17-31)21(26)10-13-29(22,28)6/h7,17-19,21-22,24H,8-16H2,1-6H3,(H,33,34)/t18-,19+,21?,22-,24+,26+,27?,28-,29-,30+/m1/s1. The molecule has 0 aromatic carbocycles. The number of aldehydes is 1. The zero-order chi connectivity index (χ0) is 24.9. The number of carbonyl (C=O) groups is 3. The fourth-order valence-electron chi connectivity index (χ4n) is 10.6. The number of carbonyl (C=O) groups excluding carboxylic acids is 2. The average molecular weight is 469 g/mol. The van der Waals surface area contributed by atoms with Crippen molar-refractivity contribution in [1.29, 1.82) is 0 Å². The van der Waals surface area contributed by atoms with Gasteiger partial charge in [0.25, 0.3) is 0 Å². The van der Waals surface area contributed by atoms with Crippen LogP contribution in [0.1, 0.15) is 99.3 Å². The normalized spacial score (nSPS) is 54.6. The predicted octanol–water partition coefficient (Wildman–Crippen LogP) is 6.48. The monoisotopic (exact) mass is 468 g/mol. The van der Waals surface area contributed by atoms with E-state index in [0.29, 0.717) is 24.2 Å². The lowest BCUT2D eigenvalue weighted by atomic mass is 9.33. The molecule has 5 aliphatic rings. The van der Waals surface area contributed by atoms with Crippen LogP contribution in [-0.2, 0) is 14.4 Å². The van der Waals surface area contributed by atoms with Gasteiger partial charge in [-0.3, -0.25) is 9.59 Å². The molecule has 0 aromatic heterocycles. The van der Waals surface area contributed by atoms with Gasteiger partial charge in [-0.05, 0) is 104 Å². The van der Waals surface area contributed by atoms with Crippen molar-refractivity contribution in [1.82, 2.24) is 0 Å². The van der Waals surface area contributed by atoms with Crippen LogP contribution >= 0.6 is 0 Å². The van der Waals surface area contributed by atoms with Crippen LogP contribution in [0.2, 0.25) is 0 Å². The highest BCUT2D eigenvalue weighted by Gasteiger charge is 2.70. The van der Waals surface area contributed by atoms with Crippen LogP contribution in [0.3, 0.4) is 0 Å². The van der Waals surface area contributed by atoms with Crippen LogP contribution in [0.15, 0.2) is 11.6 Å². The van der Waals surface area contributed by atoms with E-state index in [1.165, 1.54) is 5.57 Å². The van der Waals surface area contributed by atoms with E-state index < -0.39 is 16.8 Å². The van der Waals surface area contributed by atoms with E-state index in [1.54, 1.807) is 0 Å². The lowest BCUT2D eigenvalue weighted by molar-refractivity contribution is -0.190. The third-order valence-corrected chi connectivity index (χ3v) is 13.1. The summed E-state index contributed by atoms with van der Waals surface area (Å²) in [6.07, 6.45) is 11.2. The molecule has 1 N–H and O–H groups in total. The lowest BCUT2D eigenvalue weighted by Gasteiger charge is -2.70. The summed E-state index contributed by atoms with van der Waals surface area (Å²) in [5.74, 6) is 1.07. The molecule has 2 unspecified atom stereocenters. The Hall–Kier alpha value is -1.45. The van der Waals surface area contributed by atoms with Gasteiger partial charge in [-0.15, -0.1) is 0 Å². The van der Waals surface area contributed by atoms with E-state index in [1.807, 2.05) is 6.92 Å². The van der Waals surface area contributed by atoms with E-state index in [0.717, 1.165) is 57.7 Å². The van der Waals surface area contributed by atoms with Crippen molar-refractivity contribution >= 4 is 18.0 Å². The van der Waals surface area contributed by atoms with Gasteiger partial charge in [-0.1, -0.05) is 46.3 Å². The van der Waals surface area contributed by atoms with Gasteiger partial charge in [0, 0.05) is 6.42 Å². The number of aliphatic carboxylic acids is 1. The average Bonchev–Trinajstić information content (AvgIpc) is 2.79. The topological polar surface area (TPSA) is 71.4 Å². The number of hydrogen-bond donors (Lipinski definition) is 1. The van der Waals surface area contributed by atoms with Gasteiger partial charge in [0.1, 0.15) is 12.1 Å². The molecule has 0 radical (unpaired) electrons. The largest absolute Gasteiger partial charge is 0.481 e. The smallest absolute Gasteiger partial charge is 0.310 e. The Kier molecular flexibility index (Phi) is 5.20. The van der Waals surface area contributed by atoms with Gasteiger partial charge in [-0.2, -0.15) is 0 Å². The highest BCUT2D eigenvalue weighted by Crippen LogP contribution is 2.75. The first-order valence-electron chi connectivity index (χ1n) is 13.8. The fourth-order valence-corrected chi connectivity index (χ4v) is 10.6. The van der Waals surface area contributed by atoms with Crippen LogP contribution in [0.25, 0.3) is 0 Å². The molecule has 0 aliphatic heterocycles. The van der Waals surface area contributed by atoms with E-state index in [-0.39, 0.29) is 33.9 Å². The molecule has 4 heteroatoms. The summed E-state index contributed by atoms with van der Waals surface area (Å²) in [4.78, 5) is 37.9. The van der Waals surface area contributed by atoms with Crippen molar-refractivity contribution < 1.29 is 19.5 Å². The van der Waals surface area contributed by atoms with E-state index >= 15 is 0 Å². The Morgan fingerprint density at radius 2 is 1.71 bits per heavy atom. The number of Topliss-reactive ketones (excluding diaryl/α,β-unsaturated/α-hetero) is 1. The molecule has 5 aliphatic carbocycles.